The number of rotatable bonds is 10. The van der Waals surface area contributed by atoms with Crippen molar-refractivity contribution in [1.82, 2.24) is 15.2 Å². The van der Waals surface area contributed by atoms with E-state index in [2.05, 4.69) is 20.5 Å². The molecular weight excluding hydrogens is 510 g/mol. The van der Waals surface area contributed by atoms with Gasteiger partial charge in [0.1, 0.15) is 11.2 Å². The lowest BCUT2D eigenvalue weighted by Crippen LogP contribution is -2.40. The van der Waals surface area contributed by atoms with Crippen LogP contribution >= 0.6 is 11.3 Å². The van der Waals surface area contributed by atoms with Crippen molar-refractivity contribution in [2.45, 2.75) is 24.9 Å². The van der Waals surface area contributed by atoms with Crippen LogP contribution in [0.25, 0.3) is 0 Å². The second kappa shape index (κ2) is 12.4. The van der Waals surface area contributed by atoms with Gasteiger partial charge in [0, 0.05) is 18.7 Å². The number of nitrogens with one attached hydrogen (secondary N) is 2. The number of carbonyl (C=O) groups excluding carboxylic acids is 2. The third-order valence-corrected chi connectivity index (χ3v) is 7.34. The first-order chi connectivity index (χ1) is 18.3. The van der Waals surface area contributed by atoms with Crippen LogP contribution in [0.5, 0.6) is 0 Å². The molecule has 3 amide bonds. The Labute approximate surface area is 223 Å². The average Bonchev–Trinajstić information content (AvgIpc) is 3.40. The molecule has 2 unspecified atom stereocenters. The molecule has 0 aliphatic carbocycles. The van der Waals surface area contributed by atoms with Gasteiger partial charge in [-0.1, -0.05) is 24.3 Å². The van der Waals surface area contributed by atoms with Crippen LogP contribution in [0.15, 0.2) is 54.7 Å². The normalized spacial score (nSPS) is 15.4. The quantitative estimate of drug-likeness (QED) is 0.172. The lowest BCUT2D eigenvalue weighted by Gasteiger charge is -2.34. The zero-order chi connectivity index (χ0) is 27.1. The van der Waals surface area contributed by atoms with E-state index in [4.69, 9.17) is 16.2 Å². The Morgan fingerprint density at radius 2 is 1.84 bits per heavy atom. The van der Waals surface area contributed by atoms with E-state index in [0.29, 0.717) is 61.1 Å². The van der Waals surface area contributed by atoms with Gasteiger partial charge in [-0.15, -0.1) is 0 Å². The van der Waals surface area contributed by atoms with Gasteiger partial charge in [0.15, 0.2) is 0 Å². The minimum Gasteiger partial charge on any atom is -0.397 e. The topological polar surface area (TPSA) is 179 Å². The van der Waals surface area contributed by atoms with E-state index in [9.17, 15) is 19.7 Å². The summed E-state index contributed by atoms with van der Waals surface area (Å²) in [5.41, 5.74) is 13.6. The number of primary amides is 1. The van der Waals surface area contributed by atoms with Gasteiger partial charge in [0.2, 0.25) is 0 Å². The number of para-hydroxylation sites is 2. The van der Waals surface area contributed by atoms with Crippen LogP contribution in [0.3, 0.4) is 0 Å². The summed E-state index contributed by atoms with van der Waals surface area (Å²) in [6.45, 7) is 2.46. The van der Waals surface area contributed by atoms with Crippen molar-refractivity contribution < 1.29 is 19.2 Å². The van der Waals surface area contributed by atoms with Crippen LogP contribution in [0.1, 0.15) is 45.9 Å². The molecule has 2 atom stereocenters. The number of anilines is 2. The number of amides is 3. The fourth-order valence-electron chi connectivity index (χ4n) is 4.36. The Bertz CT molecular complexity index is 1280. The maximum atomic E-state index is 12.7. The number of ether oxygens (including phenoxy) is 1. The SMILES string of the molecule is NC(=O)NC(CCC(c1ncc([N+](=O)[O-])s1)N1CCOCC1)c1ccc(C(=O)Nc2ccccc2N)cc1. The van der Waals surface area contributed by atoms with E-state index in [-0.39, 0.29) is 17.0 Å². The summed E-state index contributed by atoms with van der Waals surface area (Å²) in [7, 11) is 0. The summed E-state index contributed by atoms with van der Waals surface area (Å²) in [4.78, 5) is 41.8. The number of nitro groups is 1. The van der Waals surface area contributed by atoms with Crippen molar-refractivity contribution >= 4 is 39.7 Å². The van der Waals surface area contributed by atoms with Crippen molar-refractivity contribution in [1.29, 1.82) is 0 Å². The second-order valence-corrected chi connectivity index (χ2v) is 9.80. The van der Waals surface area contributed by atoms with Crippen LogP contribution in [-0.4, -0.2) is 53.0 Å². The number of hydrogen-bond acceptors (Lipinski definition) is 9. The van der Waals surface area contributed by atoms with E-state index in [1.807, 2.05) is 0 Å². The van der Waals surface area contributed by atoms with Gasteiger partial charge in [-0.3, -0.25) is 19.8 Å². The van der Waals surface area contributed by atoms with E-state index < -0.39 is 17.0 Å². The van der Waals surface area contributed by atoms with Gasteiger partial charge in [0.25, 0.3) is 5.91 Å². The molecule has 1 aliphatic rings. The first kappa shape index (κ1) is 27.0. The van der Waals surface area contributed by atoms with Crippen LogP contribution in [0.4, 0.5) is 21.2 Å². The van der Waals surface area contributed by atoms with Gasteiger partial charge in [0.05, 0.1) is 41.6 Å². The highest BCUT2D eigenvalue weighted by atomic mass is 32.1. The number of morpholine rings is 1. The monoisotopic (exact) mass is 539 g/mol. The van der Waals surface area contributed by atoms with Gasteiger partial charge in [-0.2, -0.15) is 0 Å². The minimum atomic E-state index is -0.677. The number of aromatic nitrogens is 1. The molecule has 38 heavy (non-hydrogen) atoms. The molecule has 0 saturated carbocycles. The third kappa shape index (κ3) is 6.82. The third-order valence-electron chi connectivity index (χ3n) is 6.29. The van der Waals surface area contributed by atoms with Crippen molar-refractivity contribution in [2.75, 3.05) is 37.4 Å². The van der Waals surface area contributed by atoms with Crippen LogP contribution < -0.4 is 22.1 Å². The maximum Gasteiger partial charge on any atom is 0.344 e. The van der Waals surface area contributed by atoms with Crippen LogP contribution in [-0.2, 0) is 4.74 Å². The first-order valence-electron chi connectivity index (χ1n) is 12.1. The summed E-state index contributed by atoms with van der Waals surface area (Å²) < 4.78 is 5.47. The maximum absolute atomic E-state index is 12.7. The largest absolute Gasteiger partial charge is 0.397 e. The summed E-state index contributed by atoms with van der Waals surface area (Å²) in [5.74, 6) is -0.313. The van der Waals surface area contributed by atoms with E-state index in [1.54, 1.807) is 48.5 Å². The molecule has 4 rings (SSSR count). The predicted molar refractivity (Wildman–Crippen MR) is 144 cm³/mol. The molecule has 12 nitrogen and oxygen atoms in total. The van der Waals surface area contributed by atoms with Crippen molar-refractivity contribution in [3.63, 3.8) is 0 Å². The summed E-state index contributed by atoms with van der Waals surface area (Å²) in [6, 6.07) is 12.6. The molecule has 1 fully saturated rings. The molecular formula is C25H29N7O5S. The average molecular weight is 540 g/mol. The number of nitrogens with two attached hydrogens (primary N) is 2. The summed E-state index contributed by atoms with van der Waals surface area (Å²) in [5, 5.41) is 17.4. The molecule has 2 heterocycles. The molecule has 1 saturated heterocycles. The number of nitrogen functional groups attached to an aromatic ring is 1. The Hall–Kier alpha value is -4.07. The molecule has 2 aromatic carbocycles. The molecule has 1 aromatic heterocycles. The molecule has 0 bridgehead atoms. The number of thiazole rings is 1. The predicted octanol–water partition coefficient (Wildman–Crippen LogP) is 3.45. The Morgan fingerprint density at radius 1 is 1.13 bits per heavy atom. The first-order valence-corrected chi connectivity index (χ1v) is 12.9. The van der Waals surface area contributed by atoms with Gasteiger partial charge >= 0.3 is 11.0 Å². The number of urea groups is 1. The molecule has 0 radical (unpaired) electrons. The highest BCUT2D eigenvalue weighted by molar-refractivity contribution is 7.14. The highest BCUT2D eigenvalue weighted by Gasteiger charge is 2.28. The Kier molecular flexibility index (Phi) is 8.84. The number of nitrogens with zero attached hydrogens (tertiary/aromatic N) is 3. The number of hydrogen-bond donors (Lipinski definition) is 4. The standard InChI is InChI=1S/C25H29N7O5S/c26-18-3-1-2-4-20(18)29-23(33)17-7-5-16(6-8-17)19(30-25(27)34)9-10-21(31-11-13-37-14-12-31)24-28-15-22(38-24)32(35)36/h1-8,15,19,21H,9-14,26H2,(H,29,33)(H3,27,30,34). The van der Waals surface area contributed by atoms with Crippen molar-refractivity contribution in [3.05, 3.63) is 81.0 Å². The Morgan fingerprint density at radius 3 is 2.47 bits per heavy atom. The van der Waals surface area contributed by atoms with Gasteiger partial charge < -0.3 is 26.8 Å². The second-order valence-electron chi connectivity index (χ2n) is 8.76. The lowest BCUT2D eigenvalue weighted by atomic mass is 9.97. The molecule has 1 aliphatic heterocycles. The van der Waals surface area contributed by atoms with E-state index in [0.717, 1.165) is 16.9 Å². The molecule has 0 spiro atoms. The molecule has 13 heteroatoms. The highest BCUT2D eigenvalue weighted by Crippen LogP contribution is 2.35. The molecule has 6 N–H and O–H groups in total. The number of benzene rings is 2. The minimum absolute atomic E-state index is 0.0174. The van der Waals surface area contributed by atoms with Gasteiger partial charge in [-0.05, 0) is 54.0 Å². The van der Waals surface area contributed by atoms with Crippen molar-refractivity contribution in [3.8, 4) is 0 Å². The molecule has 200 valence electrons. The lowest BCUT2D eigenvalue weighted by molar-refractivity contribution is -0.380. The van der Waals surface area contributed by atoms with E-state index in [1.165, 1.54) is 6.20 Å². The summed E-state index contributed by atoms with van der Waals surface area (Å²) >= 11 is 1.05. The fraction of sp³-hybridized carbons (Fsp3) is 0.320. The fourth-order valence-corrected chi connectivity index (χ4v) is 5.26. The smallest absolute Gasteiger partial charge is 0.344 e. The zero-order valence-electron chi connectivity index (χ0n) is 20.5. The Balaban J connectivity index is 1.49. The number of carbonyl (C=O) groups is 2. The van der Waals surface area contributed by atoms with Crippen LogP contribution in [0, 0.1) is 10.1 Å². The summed E-state index contributed by atoms with van der Waals surface area (Å²) in [6.07, 6.45) is 2.33. The van der Waals surface area contributed by atoms with Crippen molar-refractivity contribution in [2.24, 2.45) is 5.73 Å². The van der Waals surface area contributed by atoms with Gasteiger partial charge in [-0.25, -0.2) is 9.78 Å². The van der Waals surface area contributed by atoms with E-state index >= 15 is 0 Å². The zero-order valence-corrected chi connectivity index (χ0v) is 21.4. The molecule has 3 aromatic rings. The van der Waals surface area contributed by atoms with Crippen LogP contribution in [0.2, 0.25) is 0 Å².